The third-order valence-electron chi connectivity index (χ3n) is 2.43. The van der Waals surface area contributed by atoms with Gasteiger partial charge in [0.1, 0.15) is 6.10 Å². The van der Waals surface area contributed by atoms with E-state index in [2.05, 4.69) is 5.32 Å². The fourth-order valence-electron chi connectivity index (χ4n) is 1.65. The lowest BCUT2D eigenvalue weighted by atomic mass is 10.2. The van der Waals surface area contributed by atoms with Gasteiger partial charge in [-0.2, -0.15) is 0 Å². The predicted molar refractivity (Wildman–Crippen MR) is 72.9 cm³/mol. The zero-order valence-corrected chi connectivity index (χ0v) is 11.5. The first-order chi connectivity index (χ1) is 9.10. The van der Waals surface area contributed by atoms with Crippen LogP contribution in [0.5, 0.6) is 11.5 Å². The monoisotopic (exact) mass is 268 g/mol. The van der Waals surface area contributed by atoms with Crippen molar-refractivity contribution in [2.75, 3.05) is 20.2 Å². The second kappa shape index (κ2) is 7.58. The molecule has 106 valence electrons. The molecule has 0 aliphatic carbocycles. The summed E-state index contributed by atoms with van der Waals surface area (Å²) in [5.41, 5.74) is -0.112. The van der Waals surface area contributed by atoms with Crippen LogP contribution in [0, 0.1) is 10.1 Å². The van der Waals surface area contributed by atoms with Crippen LogP contribution in [-0.4, -0.2) is 31.2 Å². The third kappa shape index (κ3) is 4.40. The van der Waals surface area contributed by atoms with Crippen LogP contribution in [0.4, 0.5) is 5.69 Å². The van der Waals surface area contributed by atoms with Crippen LogP contribution >= 0.6 is 0 Å². The molecule has 0 heterocycles. The molecule has 0 fully saturated rings. The number of nitrogens with one attached hydrogen (secondary N) is 1. The number of hydrogen-bond donors (Lipinski definition) is 1. The molecule has 0 aromatic heterocycles. The highest BCUT2D eigenvalue weighted by atomic mass is 16.6. The van der Waals surface area contributed by atoms with Gasteiger partial charge in [0.25, 0.3) is 0 Å². The van der Waals surface area contributed by atoms with E-state index < -0.39 is 4.92 Å². The Morgan fingerprint density at radius 1 is 1.42 bits per heavy atom. The Balaban J connectivity index is 2.99. The smallest absolute Gasteiger partial charge is 0.352 e. The van der Waals surface area contributed by atoms with Crippen molar-refractivity contribution in [2.24, 2.45) is 0 Å². The molecule has 0 bridgehead atoms. The molecule has 0 amide bonds. The van der Waals surface area contributed by atoms with Crippen LogP contribution in [0.3, 0.4) is 0 Å². The molecule has 6 heteroatoms. The van der Waals surface area contributed by atoms with Crippen LogP contribution < -0.4 is 14.8 Å². The quantitative estimate of drug-likeness (QED) is 0.578. The van der Waals surface area contributed by atoms with Gasteiger partial charge < -0.3 is 14.8 Å². The molecule has 1 N–H and O–H groups in total. The molecule has 1 unspecified atom stereocenters. The number of para-hydroxylation sites is 1. The summed E-state index contributed by atoms with van der Waals surface area (Å²) in [6.07, 6.45) is 0.628. The number of rotatable bonds is 8. The molecule has 0 aliphatic heterocycles. The zero-order chi connectivity index (χ0) is 14.3. The first kappa shape index (κ1) is 15.2. The van der Waals surface area contributed by atoms with Gasteiger partial charge in [0.2, 0.25) is 11.5 Å². The van der Waals surface area contributed by atoms with Crippen molar-refractivity contribution in [1.29, 1.82) is 0 Å². The molecule has 1 rings (SSSR count). The van der Waals surface area contributed by atoms with E-state index in [1.807, 2.05) is 13.8 Å². The second-order valence-corrected chi connectivity index (χ2v) is 4.19. The van der Waals surface area contributed by atoms with Gasteiger partial charge in [-0.15, -0.1) is 0 Å². The summed E-state index contributed by atoms with van der Waals surface area (Å²) in [6.45, 7) is 4.84. The number of ether oxygens (including phenoxy) is 2. The Bertz CT molecular complexity index is 423. The fourth-order valence-corrected chi connectivity index (χ4v) is 1.65. The highest BCUT2D eigenvalue weighted by Crippen LogP contribution is 2.37. The standard InChI is InChI=1S/C13H20N2O4/c1-4-8-18-11-6-5-7-12(13(11)15(16)17)19-10(2)9-14-3/h5-7,10,14H,4,8-9H2,1-3H3. The number of hydrogen-bond acceptors (Lipinski definition) is 5. The van der Waals surface area contributed by atoms with Gasteiger partial charge >= 0.3 is 5.69 Å². The lowest BCUT2D eigenvalue weighted by Gasteiger charge is -2.15. The fraction of sp³-hybridized carbons (Fsp3) is 0.538. The van der Waals surface area contributed by atoms with Crippen molar-refractivity contribution >= 4 is 5.69 Å². The van der Waals surface area contributed by atoms with Gasteiger partial charge in [0.05, 0.1) is 11.5 Å². The summed E-state index contributed by atoms with van der Waals surface area (Å²) in [6, 6.07) is 4.87. The van der Waals surface area contributed by atoms with E-state index in [0.717, 1.165) is 6.42 Å². The Morgan fingerprint density at radius 2 is 2.11 bits per heavy atom. The van der Waals surface area contributed by atoms with E-state index >= 15 is 0 Å². The summed E-state index contributed by atoms with van der Waals surface area (Å²) in [4.78, 5) is 10.7. The maximum absolute atomic E-state index is 11.2. The zero-order valence-electron chi connectivity index (χ0n) is 11.5. The number of likely N-dealkylation sites (N-methyl/N-ethyl adjacent to an activating group) is 1. The SMILES string of the molecule is CCCOc1cccc(OC(C)CNC)c1[N+](=O)[O-]. The average molecular weight is 268 g/mol. The minimum absolute atomic E-state index is 0.112. The molecule has 0 aliphatic rings. The van der Waals surface area contributed by atoms with E-state index in [4.69, 9.17) is 9.47 Å². The summed E-state index contributed by atoms with van der Waals surface area (Å²) in [5, 5.41) is 14.1. The average Bonchev–Trinajstić information content (AvgIpc) is 2.36. The molecule has 1 atom stereocenters. The van der Waals surface area contributed by atoms with Crippen molar-refractivity contribution in [3.05, 3.63) is 28.3 Å². The number of nitrogens with zero attached hydrogens (tertiary/aromatic N) is 1. The van der Waals surface area contributed by atoms with Gasteiger partial charge in [0, 0.05) is 6.54 Å². The maximum Gasteiger partial charge on any atom is 0.352 e. The van der Waals surface area contributed by atoms with Gasteiger partial charge in [-0.25, -0.2) is 0 Å². The first-order valence-corrected chi connectivity index (χ1v) is 6.31. The Kier molecular flexibility index (Phi) is 6.08. The molecule has 6 nitrogen and oxygen atoms in total. The molecule has 0 radical (unpaired) electrons. The van der Waals surface area contributed by atoms with Crippen LogP contribution in [0.25, 0.3) is 0 Å². The van der Waals surface area contributed by atoms with Gasteiger partial charge in [-0.1, -0.05) is 13.0 Å². The van der Waals surface area contributed by atoms with Crippen LogP contribution in [0.15, 0.2) is 18.2 Å². The molecule has 19 heavy (non-hydrogen) atoms. The van der Waals surface area contributed by atoms with Crippen LogP contribution in [0.2, 0.25) is 0 Å². The molecular formula is C13H20N2O4. The largest absolute Gasteiger partial charge is 0.487 e. The van der Waals surface area contributed by atoms with Gasteiger partial charge in [-0.3, -0.25) is 10.1 Å². The summed E-state index contributed by atoms with van der Waals surface area (Å²) in [5.74, 6) is 0.488. The minimum Gasteiger partial charge on any atom is -0.487 e. The first-order valence-electron chi connectivity index (χ1n) is 6.31. The van der Waals surface area contributed by atoms with Crippen molar-refractivity contribution in [1.82, 2.24) is 5.32 Å². The highest BCUT2D eigenvalue weighted by molar-refractivity contribution is 5.57. The highest BCUT2D eigenvalue weighted by Gasteiger charge is 2.23. The van der Waals surface area contributed by atoms with E-state index in [0.29, 0.717) is 13.2 Å². The molecule has 1 aromatic carbocycles. The van der Waals surface area contributed by atoms with Crippen LogP contribution in [0.1, 0.15) is 20.3 Å². The molecular weight excluding hydrogens is 248 g/mol. The molecule has 1 aromatic rings. The van der Waals surface area contributed by atoms with Crippen molar-refractivity contribution < 1.29 is 14.4 Å². The number of nitro benzene ring substituents is 1. The van der Waals surface area contributed by atoms with E-state index in [1.54, 1.807) is 25.2 Å². The second-order valence-electron chi connectivity index (χ2n) is 4.19. The lowest BCUT2D eigenvalue weighted by molar-refractivity contribution is -0.387. The lowest BCUT2D eigenvalue weighted by Crippen LogP contribution is -2.26. The van der Waals surface area contributed by atoms with Crippen molar-refractivity contribution in [3.63, 3.8) is 0 Å². The number of benzene rings is 1. The van der Waals surface area contributed by atoms with Crippen LogP contribution in [-0.2, 0) is 0 Å². The van der Waals surface area contributed by atoms with Crippen molar-refractivity contribution in [3.8, 4) is 11.5 Å². The van der Waals surface area contributed by atoms with Gasteiger partial charge in [-0.05, 0) is 32.5 Å². The molecule has 0 spiro atoms. The summed E-state index contributed by atoms with van der Waals surface area (Å²) in [7, 11) is 1.80. The predicted octanol–water partition coefficient (Wildman–Crippen LogP) is 2.37. The molecule has 0 saturated heterocycles. The van der Waals surface area contributed by atoms with E-state index in [1.165, 1.54) is 0 Å². The Morgan fingerprint density at radius 3 is 2.68 bits per heavy atom. The van der Waals surface area contributed by atoms with Crippen molar-refractivity contribution in [2.45, 2.75) is 26.4 Å². The molecule has 0 saturated carbocycles. The van der Waals surface area contributed by atoms with Gasteiger partial charge in [0.15, 0.2) is 0 Å². The maximum atomic E-state index is 11.2. The normalized spacial score (nSPS) is 11.9. The summed E-state index contributed by atoms with van der Waals surface area (Å²) < 4.78 is 11.0. The van der Waals surface area contributed by atoms with E-state index in [-0.39, 0.29) is 23.3 Å². The minimum atomic E-state index is -0.466. The summed E-state index contributed by atoms with van der Waals surface area (Å²) >= 11 is 0. The van der Waals surface area contributed by atoms with E-state index in [9.17, 15) is 10.1 Å². The Hall–Kier alpha value is -1.82. The number of nitro groups is 1. The Labute approximate surface area is 112 Å². The topological polar surface area (TPSA) is 73.6 Å². The third-order valence-corrected chi connectivity index (χ3v) is 2.43.